The van der Waals surface area contributed by atoms with E-state index < -0.39 is 16.0 Å². The standard InChI is InChI=1S/C15H22N2O4S/c1-3-21-15(18)12-6-8-14(9-7-12)22(19,20)17-10-4-5-13(11-17)16-2/h6-9,13,16H,3-5,10-11H2,1-2H3. The van der Waals surface area contributed by atoms with Crippen molar-refractivity contribution in [3.05, 3.63) is 29.8 Å². The van der Waals surface area contributed by atoms with Crippen LogP contribution in [0.15, 0.2) is 29.2 Å². The number of esters is 1. The number of benzene rings is 1. The van der Waals surface area contributed by atoms with Gasteiger partial charge in [0.15, 0.2) is 0 Å². The molecule has 1 aliphatic heterocycles. The second-order valence-corrected chi connectivity index (χ2v) is 7.17. The molecule has 1 aromatic rings. The summed E-state index contributed by atoms with van der Waals surface area (Å²) in [4.78, 5) is 11.8. The van der Waals surface area contributed by atoms with Crippen molar-refractivity contribution in [2.45, 2.75) is 30.7 Å². The quantitative estimate of drug-likeness (QED) is 0.824. The molecule has 0 amide bonds. The average Bonchev–Trinajstić information content (AvgIpc) is 2.55. The van der Waals surface area contributed by atoms with Gasteiger partial charge in [0, 0.05) is 19.1 Å². The fraction of sp³-hybridized carbons (Fsp3) is 0.533. The number of sulfonamides is 1. The number of hydrogen-bond donors (Lipinski definition) is 1. The molecule has 0 spiro atoms. The van der Waals surface area contributed by atoms with Crippen LogP contribution in [0.5, 0.6) is 0 Å². The lowest BCUT2D eigenvalue weighted by Gasteiger charge is -2.31. The fourth-order valence-electron chi connectivity index (χ4n) is 2.52. The third-order valence-corrected chi connectivity index (χ3v) is 5.67. The molecule has 1 aliphatic rings. The van der Waals surface area contributed by atoms with Crippen LogP contribution in [0.3, 0.4) is 0 Å². The van der Waals surface area contributed by atoms with E-state index in [-0.39, 0.29) is 17.5 Å². The predicted molar refractivity (Wildman–Crippen MR) is 83.2 cm³/mol. The minimum absolute atomic E-state index is 0.183. The van der Waals surface area contributed by atoms with E-state index in [1.807, 2.05) is 7.05 Å². The molecule has 0 bridgehead atoms. The van der Waals surface area contributed by atoms with Gasteiger partial charge in [-0.2, -0.15) is 4.31 Å². The topological polar surface area (TPSA) is 75.7 Å². The second-order valence-electron chi connectivity index (χ2n) is 5.24. The van der Waals surface area contributed by atoms with Crippen molar-refractivity contribution in [1.82, 2.24) is 9.62 Å². The maximum absolute atomic E-state index is 12.6. The first-order valence-corrected chi connectivity index (χ1v) is 8.87. The van der Waals surface area contributed by atoms with Crippen LogP contribution in [0, 0.1) is 0 Å². The minimum atomic E-state index is -3.52. The van der Waals surface area contributed by atoms with Crippen molar-refractivity contribution in [2.24, 2.45) is 0 Å². The summed E-state index contributed by atoms with van der Waals surface area (Å²) in [5.74, 6) is -0.445. The van der Waals surface area contributed by atoms with Gasteiger partial charge in [-0.25, -0.2) is 13.2 Å². The van der Waals surface area contributed by atoms with Gasteiger partial charge >= 0.3 is 5.97 Å². The molecule has 1 unspecified atom stereocenters. The van der Waals surface area contributed by atoms with Crippen LogP contribution in [0.4, 0.5) is 0 Å². The van der Waals surface area contributed by atoms with Gasteiger partial charge in [0.25, 0.3) is 0 Å². The first kappa shape index (κ1) is 16.9. The summed E-state index contributed by atoms with van der Waals surface area (Å²) in [6.45, 7) is 3.02. The largest absolute Gasteiger partial charge is 0.462 e. The van der Waals surface area contributed by atoms with Crippen molar-refractivity contribution in [1.29, 1.82) is 0 Å². The van der Waals surface area contributed by atoms with Crippen molar-refractivity contribution in [2.75, 3.05) is 26.7 Å². The van der Waals surface area contributed by atoms with E-state index in [1.165, 1.54) is 28.6 Å². The van der Waals surface area contributed by atoms with E-state index in [1.54, 1.807) is 6.92 Å². The SMILES string of the molecule is CCOC(=O)c1ccc(S(=O)(=O)N2CCCC(NC)C2)cc1. The molecule has 1 saturated heterocycles. The Hall–Kier alpha value is -1.44. The van der Waals surface area contributed by atoms with Gasteiger partial charge < -0.3 is 10.1 Å². The molecule has 6 nitrogen and oxygen atoms in total. The molecule has 2 rings (SSSR count). The van der Waals surface area contributed by atoms with Gasteiger partial charge in [0.2, 0.25) is 10.0 Å². The smallest absolute Gasteiger partial charge is 0.338 e. The van der Waals surface area contributed by atoms with Gasteiger partial charge in [-0.15, -0.1) is 0 Å². The normalized spacial score (nSPS) is 19.8. The van der Waals surface area contributed by atoms with E-state index >= 15 is 0 Å². The van der Waals surface area contributed by atoms with Crippen LogP contribution in [0.25, 0.3) is 0 Å². The van der Waals surface area contributed by atoms with E-state index in [2.05, 4.69) is 5.32 Å². The Morgan fingerprint density at radius 3 is 2.64 bits per heavy atom. The molecule has 1 heterocycles. The van der Waals surface area contributed by atoms with Crippen LogP contribution in [-0.4, -0.2) is 51.5 Å². The Labute approximate surface area is 131 Å². The third-order valence-electron chi connectivity index (χ3n) is 3.80. The summed E-state index contributed by atoms with van der Waals surface area (Å²) in [6, 6.07) is 6.09. The lowest BCUT2D eigenvalue weighted by molar-refractivity contribution is 0.0526. The minimum Gasteiger partial charge on any atom is -0.462 e. The fourth-order valence-corrected chi connectivity index (χ4v) is 4.05. The summed E-state index contributed by atoms with van der Waals surface area (Å²) in [5, 5.41) is 3.13. The number of hydrogen-bond acceptors (Lipinski definition) is 5. The lowest BCUT2D eigenvalue weighted by Crippen LogP contribution is -2.46. The van der Waals surface area contributed by atoms with Gasteiger partial charge in [-0.1, -0.05) is 0 Å². The van der Waals surface area contributed by atoms with E-state index in [0.29, 0.717) is 18.7 Å². The number of nitrogens with zero attached hydrogens (tertiary/aromatic N) is 1. The Morgan fingerprint density at radius 2 is 2.05 bits per heavy atom. The van der Waals surface area contributed by atoms with Crippen molar-refractivity contribution >= 4 is 16.0 Å². The highest BCUT2D eigenvalue weighted by molar-refractivity contribution is 7.89. The lowest BCUT2D eigenvalue weighted by atomic mass is 10.1. The first-order valence-electron chi connectivity index (χ1n) is 7.43. The van der Waals surface area contributed by atoms with Gasteiger partial charge in [-0.05, 0) is 51.1 Å². The summed E-state index contributed by atoms with van der Waals surface area (Å²) in [5.41, 5.74) is 0.354. The average molecular weight is 326 g/mol. The number of likely N-dealkylation sites (N-methyl/N-ethyl adjacent to an activating group) is 1. The van der Waals surface area contributed by atoms with Gasteiger partial charge in [-0.3, -0.25) is 0 Å². The molecule has 1 N–H and O–H groups in total. The molecule has 0 radical (unpaired) electrons. The number of carbonyl (C=O) groups excluding carboxylic acids is 1. The highest BCUT2D eigenvalue weighted by Gasteiger charge is 2.29. The summed E-state index contributed by atoms with van der Waals surface area (Å²) >= 11 is 0. The molecule has 1 fully saturated rings. The predicted octanol–water partition coefficient (Wildman–Crippen LogP) is 1.24. The summed E-state index contributed by atoms with van der Waals surface area (Å²) < 4.78 is 31.7. The van der Waals surface area contributed by atoms with Crippen LogP contribution in [0.1, 0.15) is 30.1 Å². The highest BCUT2D eigenvalue weighted by atomic mass is 32.2. The van der Waals surface area contributed by atoms with Gasteiger partial charge in [0.05, 0.1) is 17.1 Å². The Bertz CT molecular complexity index is 613. The molecule has 0 aliphatic carbocycles. The Balaban J connectivity index is 2.17. The maximum atomic E-state index is 12.6. The van der Waals surface area contributed by atoms with Crippen LogP contribution in [0.2, 0.25) is 0 Å². The molecular weight excluding hydrogens is 304 g/mol. The van der Waals surface area contributed by atoms with Crippen LogP contribution >= 0.6 is 0 Å². The monoisotopic (exact) mass is 326 g/mol. The van der Waals surface area contributed by atoms with Crippen molar-refractivity contribution in [3.63, 3.8) is 0 Å². The second kappa shape index (κ2) is 7.21. The van der Waals surface area contributed by atoms with E-state index in [4.69, 9.17) is 4.74 Å². The zero-order chi connectivity index (χ0) is 16.2. The van der Waals surface area contributed by atoms with Crippen molar-refractivity contribution < 1.29 is 17.9 Å². The third kappa shape index (κ3) is 3.66. The summed E-state index contributed by atoms with van der Waals surface area (Å²) in [7, 11) is -1.68. The maximum Gasteiger partial charge on any atom is 0.338 e. The molecule has 22 heavy (non-hydrogen) atoms. The molecule has 1 aromatic carbocycles. The summed E-state index contributed by atoms with van der Waals surface area (Å²) in [6.07, 6.45) is 1.82. The molecule has 1 atom stereocenters. The number of carbonyl (C=O) groups is 1. The first-order chi connectivity index (χ1) is 10.5. The molecule has 0 saturated carbocycles. The van der Waals surface area contributed by atoms with E-state index in [9.17, 15) is 13.2 Å². The number of ether oxygens (including phenoxy) is 1. The number of piperidine rings is 1. The number of nitrogens with one attached hydrogen (secondary N) is 1. The van der Waals surface area contributed by atoms with E-state index in [0.717, 1.165) is 12.8 Å². The zero-order valence-electron chi connectivity index (χ0n) is 12.9. The van der Waals surface area contributed by atoms with Crippen LogP contribution < -0.4 is 5.32 Å². The zero-order valence-corrected chi connectivity index (χ0v) is 13.7. The Morgan fingerprint density at radius 1 is 1.36 bits per heavy atom. The Kier molecular flexibility index (Phi) is 5.55. The molecule has 122 valence electrons. The van der Waals surface area contributed by atoms with Crippen molar-refractivity contribution in [3.8, 4) is 0 Å². The van der Waals surface area contributed by atoms with Gasteiger partial charge in [0.1, 0.15) is 0 Å². The van der Waals surface area contributed by atoms with Crippen LogP contribution in [-0.2, 0) is 14.8 Å². The molecular formula is C15H22N2O4S. The highest BCUT2D eigenvalue weighted by Crippen LogP contribution is 2.21. The number of rotatable bonds is 5. The molecule has 7 heteroatoms. The molecule has 0 aromatic heterocycles.